The van der Waals surface area contributed by atoms with Crippen molar-refractivity contribution in [2.24, 2.45) is 11.8 Å². The molecule has 0 bridgehead atoms. The Hall–Kier alpha value is -4.23. The lowest BCUT2D eigenvalue weighted by atomic mass is 9.75. The van der Waals surface area contributed by atoms with Crippen LogP contribution in [0.15, 0.2) is 72.9 Å². The standard InChI is InChI=1S/C30H26N4O3/c1-16-12-17(2)26-21(13-16)30(29(37)32-26)25-24(27(35)34(28(25)36)19-8-4-3-5-9-19)23(33-30)14-18-15-31-22-11-7-6-10-20(18)22/h3-13,15,23-25,31,33H,14H2,1-2H3,(H,32,37)/t23-,24-,25+,30-/m1/s1. The van der Waals surface area contributed by atoms with Gasteiger partial charge in [-0.3, -0.25) is 19.7 Å². The van der Waals surface area contributed by atoms with Crippen molar-refractivity contribution in [3.63, 3.8) is 0 Å². The molecule has 1 spiro atoms. The van der Waals surface area contributed by atoms with Crippen molar-refractivity contribution < 1.29 is 14.4 Å². The number of amides is 3. The fourth-order valence-electron chi connectivity index (χ4n) is 6.80. The summed E-state index contributed by atoms with van der Waals surface area (Å²) in [5.74, 6) is -2.40. The van der Waals surface area contributed by atoms with E-state index < -0.39 is 23.4 Å². The number of H-pyrrole nitrogens is 1. The molecule has 7 nitrogen and oxygen atoms in total. The number of carbonyl (C=O) groups excluding carboxylic acids is 3. The van der Waals surface area contributed by atoms with Crippen molar-refractivity contribution in [3.05, 3.63) is 95.2 Å². The van der Waals surface area contributed by atoms with Crippen LogP contribution in [-0.2, 0) is 26.3 Å². The van der Waals surface area contributed by atoms with E-state index in [1.54, 1.807) is 12.1 Å². The Labute approximate surface area is 213 Å². The van der Waals surface area contributed by atoms with Gasteiger partial charge in [0.05, 0.1) is 17.5 Å². The number of benzene rings is 3. The average Bonchev–Trinajstić information content (AvgIpc) is 3.60. The predicted octanol–water partition coefficient (Wildman–Crippen LogP) is 3.95. The number of aryl methyl sites for hydroxylation is 2. The molecule has 3 aliphatic rings. The molecule has 0 radical (unpaired) electrons. The number of anilines is 2. The Morgan fingerprint density at radius 2 is 1.68 bits per heavy atom. The van der Waals surface area contributed by atoms with Gasteiger partial charge in [0.15, 0.2) is 0 Å². The molecule has 37 heavy (non-hydrogen) atoms. The van der Waals surface area contributed by atoms with Crippen LogP contribution < -0.4 is 15.5 Å². The first-order chi connectivity index (χ1) is 17.9. The molecule has 3 N–H and O–H groups in total. The molecule has 0 saturated carbocycles. The number of nitrogens with one attached hydrogen (secondary N) is 3. The van der Waals surface area contributed by atoms with Crippen molar-refractivity contribution in [3.8, 4) is 0 Å². The molecule has 0 aliphatic carbocycles. The molecule has 184 valence electrons. The van der Waals surface area contributed by atoms with Gasteiger partial charge in [-0.15, -0.1) is 0 Å². The van der Waals surface area contributed by atoms with E-state index in [9.17, 15) is 14.4 Å². The number of fused-ring (bicyclic) bond motifs is 5. The van der Waals surface area contributed by atoms with Crippen LogP contribution in [0, 0.1) is 25.7 Å². The van der Waals surface area contributed by atoms with Gasteiger partial charge in [0.2, 0.25) is 17.7 Å². The molecule has 1 aromatic heterocycles. The van der Waals surface area contributed by atoms with E-state index in [0.717, 1.165) is 38.8 Å². The number of hydrogen-bond donors (Lipinski definition) is 3. The van der Waals surface area contributed by atoms with Crippen LogP contribution in [0.5, 0.6) is 0 Å². The lowest BCUT2D eigenvalue weighted by Crippen LogP contribution is -2.53. The normalized spacial score (nSPS) is 26.3. The van der Waals surface area contributed by atoms with Crippen molar-refractivity contribution in [1.82, 2.24) is 10.3 Å². The van der Waals surface area contributed by atoms with Gasteiger partial charge in [-0.1, -0.05) is 54.1 Å². The molecule has 4 heterocycles. The highest BCUT2D eigenvalue weighted by Crippen LogP contribution is 2.54. The van der Waals surface area contributed by atoms with E-state index in [2.05, 4.69) is 15.6 Å². The van der Waals surface area contributed by atoms with Crippen molar-refractivity contribution in [2.45, 2.75) is 31.8 Å². The maximum atomic E-state index is 14.1. The van der Waals surface area contributed by atoms with Gasteiger partial charge in [-0.05, 0) is 49.6 Å². The summed E-state index contributed by atoms with van der Waals surface area (Å²) in [5, 5.41) is 7.69. The quantitative estimate of drug-likeness (QED) is 0.379. The van der Waals surface area contributed by atoms with Crippen LogP contribution >= 0.6 is 0 Å². The molecule has 7 heteroatoms. The zero-order chi connectivity index (χ0) is 25.5. The van der Waals surface area contributed by atoms with Gasteiger partial charge < -0.3 is 10.3 Å². The number of rotatable bonds is 3. The summed E-state index contributed by atoms with van der Waals surface area (Å²) in [6.45, 7) is 3.94. The molecule has 7 rings (SSSR count). The third-order valence-corrected chi connectivity index (χ3v) is 8.29. The van der Waals surface area contributed by atoms with Crippen molar-refractivity contribution >= 4 is 40.0 Å². The van der Waals surface area contributed by atoms with Gasteiger partial charge in [-0.25, -0.2) is 4.90 Å². The first-order valence-corrected chi connectivity index (χ1v) is 12.6. The summed E-state index contributed by atoms with van der Waals surface area (Å²) >= 11 is 0. The van der Waals surface area contributed by atoms with E-state index in [1.807, 2.05) is 74.6 Å². The van der Waals surface area contributed by atoms with E-state index in [-0.39, 0.29) is 17.7 Å². The SMILES string of the molecule is Cc1cc(C)c2c(c1)[C@]1(N[C@H](Cc3c[nH]c4ccccc34)[C@H]3C(=O)N(c4ccccc4)C(=O)[C@H]31)C(=O)N2. The number of carbonyl (C=O) groups is 3. The van der Waals surface area contributed by atoms with Crippen molar-refractivity contribution in [1.29, 1.82) is 0 Å². The third kappa shape index (κ3) is 2.89. The molecule has 3 amide bonds. The highest BCUT2D eigenvalue weighted by atomic mass is 16.2. The number of aromatic amines is 1. The molecule has 4 aromatic rings. The predicted molar refractivity (Wildman–Crippen MR) is 141 cm³/mol. The lowest BCUT2D eigenvalue weighted by molar-refractivity contribution is -0.130. The summed E-state index contributed by atoms with van der Waals surface area (Å²) in [7, 11) is 0. The monoisotopic (exact) mass is 490 g/mol. The van der Waals surface area contributed by atoms with E-state index in [4.69, 9.17) is 0 Å². The summed E-state index contributed by atoms with van der Waals surface area (Å²) in [6.07, 6.45) is 2.46. The second-order valence-corrected chi connectivity index (χ2v) is 10.4. The molecule has 3 aliphatic heterocycles. The minimum atomic E-state index is -1.32. The Balaban J connectivity index is 1.40. The van der Waals surface area contributed by atoms with Gasteiger partial charge in [0.25, 0.3) is 0 Å². The van der Waals surface area contributed by atoms with Crippen LogP contribution in [0.3, 0.4) is 0 Å². The Bertz CT molecular complexity index is 1620. The second-order valence-electron chi connectivity index (χ2n) is 10.4. The lowest BCUT2D eigenvalue weighted by Gasteiger charge is -2.30. The third-order valence-electron chi connectivity index (χ3n) is 8.29. The number of para-hydroxylation sites is 2. The Kier molecular flexibility index (Phi) is 4.54. The zero-order valence-electron chi connectivity index (χ0n) is 20.5. The number of nitrogens with zero attached hydrogens (tertiary/aromatic N) is 1. The number of imide groups is 1. The molecule has 3 aromatic carbocycles. The summed E-state index contributed by atoms with van der Waals surface area (Å²) in [5.41, 5.74) is 4.70. The van der Waals surface area contributed by atoms with Crippen LogP contribution in [0.2, 0.25) is 0 Å². The first-order valence-electron chi connectivity index (χ1n) is 12.6. The zero-order valence-corrected chi connectivity index (χ0v) is 20.5. The highest BCUT2D eigenvalue weighted by molar-refractivity contribution is 6.26. The summed E-state index contributed by atoms with van der Waals surface area (Å²) in [6, 6.07) is 20.6. The second kappa shape index (κ2) is 7.63. The van der Waals surface area contributed by atoms with E-state index >= 15 is 0 Å². The molecule has 4 atom stereocenters. The van der Waals surface area contributed by atoms with Gasteiger partial charge in [0.1, 0.15) is 5.54 Å². The van der Waals surface area contributed by atoms with Gasteiger partial charge in [-0.2, -0.15) is 0 Å². The van der Waals surface area contributed by atoms with Crippen LogP contribution in [0.25, 0.3) is 10.9 Å². The van der Waals surface area contributed by atoms with Gasteiger partial charge in [0, 0.05) is 34.4 Å². The Morgan fingerprint density at radius 1 is 0.919 bits per heavy atom. The molecule has 2 saturated heterocycles. The summed E-state index contributed by atoms with van der Waals surface area (Å²) in [4.78, 5) is 46.6. The fraction of sp³-hybridized carbons (Fsp3) is 0.233. The maximum Gasteiger partial charge on any atom is 0.250 e. The van der Waals surface area contributed by atoms with Crippen molar-refractivity contribution in [2.75, 3.05) is 10.2 Å². The molecular formula is C30H26N4O3. The summed E-state index contributed by atoms with van der Waals surface area (Å²) < 4.78 is 0. The number of hydrogen-bond acceptors (Lipinski definition) is 4. The number of aromatic nitrogens is 1. The Morgan fingerprint density at radius 3 is 2.49 bits per heavy atom. The van der Waals surface area contributed by atoms with Gasteiger partial charge >= 0.3 is 0 Å². The van der Waals surface area contributed by atoms with Crippen LogP contribution in [0.4, 0.5) is 11.4 Å². The van der Waals surface area contributed by atoms with E-state index in [1.165, 1.54) is 4.90 Å². The first kappa shape index (κ1) is 22.0. The smallest absolute Gasteiger partial charge is 0.250 e. The highest BCUT2D eigenvalue weighted by Gasteiger charge is 2.70. The average molecular weight is 491 g/mol. The minimum Gasteiger partial charge on any atom is -0.361 e. The topological polar surface area (TPSA) is 94.3 Å². The molecule has 0 unspecified atom stereocenters. The molecular weight excluding hydrogens is 464 g/mol. The van der Waals surface area contributed by atoms with E-state index in [0.29, 0.717) is 12.1 Å². The maximum absolute atomic E-state index is 14.1. The molecule has 2 fully saturated rings. The van der Waals surface area contributed by atoms with Crippen LogP contribution in [-0.4, -0.2) is 28.7 Å². The largest absolute Gasteiger partial charge is 0.361 e. The fourth-order valence-corrected chi connectivity index (χ4v) is 6.80. The van der Waals surface area contributed by atoms with Crippen LogP contribution in [0.1, 0.15) is 22.3 Å². The minimum absolute atomic E-state index is 0.263.